The fraction of sp³-hybridized carbons (Fsp3) is 0.286. The number of rotatable bonds is 10. The molecule has 2 aromatic rings. The molecule has 0 bridgehead atoms. The van der Waals surface area contributed by atoms with E-state index in [4.69, 9.17) is 18.9 Å². The van der Waals surface area contributed by atoms with E-state index in [-0.39, 0.29) is 5.76 Å². The average molecular weight is 372 g/mol. The molecule has 0 heterocycles. The number of para-hydroxylation sites is 1. The second-order valence-electron chi connectivity index (χ2n) is 5.30. The van der Waals surface area contributed by atoms with E-state index in [2.05, 4.69) is 4.74 Å². The Morgan fingerprint density at radius 3 is 2.00 bits per heavy atom. The Bertz CT molecular complexity index is 718. The Labute approximate surface area is 159 Å². The average Bonchev–Trinajstić information content (AvgIpc) is 2.69. The summed E-state index contributed by atoms with van der Waals surface area (Å²) in [4.78, 5) is 11.7. The van der Waals surface area contributed by atoms with Crippen molar-refractivity contribution >= 4 is 5.97 Å². The minimum absolute atomic E-state index is 0.210. The molecule has 2 aromatic carbocycles. The first kappa shape index (κ1) is 20.5. The Balaban J connectivity index is 2.13. The highest BCUT2D eigenvalue weighted by Crippen LogP contribution is 2.25. The Hall–Kier alpha value is -2.83. The Kier molecular flexibility index (Phi) is 8.35. The fourth-order valence-corrected chi connectivity index (χ4v) is 2.17. The third kappa shape index (κ3) is 6.77. The van der Waals surface area contributed by atoms with Gasteiger partial charge in [-0.3, -0.25) is 0 Å². The summed E-state index contributed by atoms with van der Waals surface area (Å²) in [6, 6.07) is 16.5. The van der Waals surface area contributed by atoms with E-state index in [0.29, 0.717) is 24.7 Å². The van der Waals surface area contributed by atoms with Gasteiger partial charge in [-0.2, -0.15) is 0 Å². The van der Waals surface area contributed by atoms with Crippen molar-refractivity contribution in [3.8, 4) is 17.2 Å². The molecule has 0 radical (unpaired) electrons. The first-order chi connectivity index (χ1) is 13.2. The molecule has 0 amide bonds. The van der Waals surface area contributed by atoms with Crippen LogP contribution in [-0.2, 0) is 19.0 Å². The zero-order valence-corrected chi connectivity index (χ0v) is 15.7. The maximum absolute atomic E-state index is 11.7. The van der Waals surface area contributed by atoms with Gasteiger partial charge in [0.15, 0.2) is 5.76 Å². The van der Waals surface area contributed by atoms with Crippen LogP contribution in [0.2, 0.25) is 0 Å². The Morgan fingerprint density at radius 2 is 1.44 bits per heavy atom. The predicted octanol–water partition coefficient (Wildman–Crippen LogP) is 4.31. The zero-order valence-electron chi connectivity index (χ0n) is 15.7. The molecule has 0 aliphatic rings. The van der Waals surface area contributed by atoms with E-state index in [1.807, 2.05) is 44.2 Å². The van der Waals surface area contributed by atoms with Gasteiger partial charge in [-0.1, -0.05) is 18.2 Å². The minimum Gasteiger partial charge on any atom is -0.466 e. The minimum atomic E-state index is -0.806. The molecule has 0 aromatic heterocycles. The first-order valence-electron chi connectivity index (χ1n) is 8.69. The van der Waals surface area contributed by atoms with Gasteiger partial charge < -0.3 is 23.7 Å². The quantitative estimate of drug-likeness (QED) is 0.268. The molecule has 6 heteroatoms. The SMILES string of the molecule is CCOC(OCC)/C(=C/C(=O)OC)Oc1ccc(Oc2ccccc2)cc1. The van der Waals surface area contributed by atoms with Gasteiger partial charge in [0, 0.05) is 13.2 Å². The molecule has 0 aliphatic heterocycles. The summed E-state index contributed by atoms with van der Waals surface area (Å²) in [6.45, 7) is 4.46. The second kappa shape index (κ2) is 11.0. The van der Waals surface area contributed by atoms with E-state index < -0.39 is 12.3 Å². The molecule has 0 atom stereocenters. The number of hydrogen-bond donors (Lipinski definition) is 0. The highest BCUT2D eigenvalue weighted by atomic mass is 16.7. The molecular formula is C21H24O6. The van der Waals surface area contributed by atoms with Crippen molar-refractivity contribution in [1.82, 2.24) is 0 Å². The number of methoxy groups -OCH3 is 1. The summed E-state index contributed by atoms with van der Waals surface area (Å²) in [5.74, 6) is 1.57. The lowest BCUT2D eigenvalue weighted by Crippen LogP contribution is -2.24. The van der Waals surface area contributed by atoms with E-state index in [9.17, 15) is 4.79 Å². The number of benzene rings is 2. The lowest BCUT2D eigenvalue weighted by molar-refractivity contribution is -0.138. The van der Waals surface area contributed by atoms with Crippen LogP contribution in [0, 0.1) is 0 Å². The third-order valence-electron chi connectivity index (χ3n) is 3.37. The van der Waals surface area contributed by atoms with Crippen molar-refractivity contribution in [2.45, 2.75) is 20.1 Å². The summed E-state index contributed by atoms with van der Waals surface area (Å²) >= 11 is 0. The molecule has 0 spiro atoms. The molecule has 0 saturated heterocycles. The summed E-state index contributed by atoms with van der Waals surface area (Å²) in [5.41, 5.74) is 0. The normalized spacial score (nSPS) is 11.3. The van der Waals surface area contributed by atoms with Gasteiger partial charge in [0.2, 0.25) is 6.29 Å². The standard InChI is InChI=1S/C21H24O6/c1-4-24-21(25-5-2)19(15-20(22)23-3)27-18-13-11-17(12-14-18)26-16-9-7-6-8-10-16/h6-15,21H,4-5H2,1-3H3/b19-15-. The lowest BCUT2D eigenvalue weighted by Gasteiger charge is -2.20. The van der Waals surface area contributed by atoms with Gasteiger partial charge in [-0.25, -0.2) is 4.79 Å². The van der Waals surface area contributed by atoms with Crippen molar-refractivity contribution in [1.29, 1.82) is 0 Å². The first-order valence-corrected chi connectivity index (χ1v) is 8.69. The maximum Gasteiger partial charge on any atom is 0.334 e. The van der Waals surface area contributed by atoms with Crippen LogP contribution >= 0.6 is 0 Å². The zero-order chi connectivity index (χ0) is 19.5. The molecule has 6 nitrogen and oxygen atoms in total. The summed E-state index contributed by atoms with van der Waals surface area (Å²) in [6.07, 6.45) is 0.407. The molecule has 144 valence electrons. The van der Waals surface area contributed by atoms with E-state index in [0.717, 1.165) is 5.75 Å². The second-order valence-corrected chi connectivity index (χ2v) is 5.30. The van der Waals surface area contributed by atoms with Crippen molar-refractivity contribution in [2.24, 2.45) is 0 Å². The Morgan fingerprint density at radius 1 is 0.889 bits per heavy atom. The monoisotopic (exact) mass is 372 g/mol. The lowest BCUT2D eigenvalue weighted by atomic mass is 10.3. The molecule has 27 heavy (non-hydrogen) atoms. The van der Waals surface area contributed by atoms with Gasteiger partial charge in [0.1, 0.15) is 17.2 Å². The number of ether oxygens (including phenoxy) is 5. The van der Waals surface area contributed by atoms with Crippen LogP contribution in [0.4, 0.5) is 0 Å². The van der Waals surface area contributed by atoms with Crippen LogP contribution in [0.5, 0.6) is 17.2 Å². The number of hydrogen-bond acceptors (Lipinski definition) is 6. The van der Waals surface area contributed by atoms with Crippen molar-refractivity contribution in [3.05, 3.63) is 66.4 Å². The van der Waals surface area contributed by atoms with Gasteiger partial charge in [-0.15, -0.1) is 0 Å². The number of esters is 1. The molecule has 0 N–H and O–H groups in total. The predicted molar refractivity (Wildman–Crippen MR) is 101 cm³/mol. The molecule has 0 unspecified atom stereocenters. The van der Waals surface area contributed by atoms with Gasteiger partial charge in [0.05, 0.1) is 13.2 Å². The van der Waals surface area contributed by atoms with Crippen molar-refractivity contribution in [3.63, 3.8) is 0 Å². The number of carbonyl (C=O) groups excluding carboxylic acids is 1. The van der Waals surface area contributed by atoms with Crippen molar-refractivity contribution < 1.29 is 28.5 Å². The summed E-state index contributed by atoms with van der Waals surface area (Å²) in [5, 5.41) is 0. The molecule has 0 saturated carbocycles. The van der Waals surface area contributed by atoms with Gasteiger partial charge >= 0.3 is 5.97 Å². The molecule has 2 rings (SSSR count). The fourth-order valence-electron chi connectivity index (χ4n) is 2.17. The molecule has 0 fully saturated rings. The van der Waals surface area contributed by atoms with E-state index >= 15 is 0 Å². The van der Waals surface area contributed by atoms with Crippen LogP contribution in [-0.4, -0.2) is 32.6 Å². The van der Waals surface area contributed by atoms with E-state index in [1.54, 1.807) is 24.3 Å². The van der Waals surface area contributed by atoms with E-state index in [1.165, 1.54) is 13.2 Å². The van der Waals surface area contributed by atoms with Crippen LogP contribution in [0.25, 0.3) is 0 Å². The summed E-state index contributed by atoms with van der Waals surface area (Å²) < 4.78 is 27.3. The topological polar surface area (TPSA) is 63.2 Å². The maximum atomic E-state index is 11.7. The van der Waals surface area contributed by atoms with Crippen LogP contribution in [0.1, 0.15) is 13.8 Å². The highest BCUT2D eigenvalue weighted by molar-refractivity contribution is 5.82. The number of carbonyl (C=O) groups is 1. The van der Waals surface area contributed by atoms with Crippen LogP contribution in [0.15, 0.2) is 66.4 Å². The molecule has 0 aliphatic carbocycles. The highest BCUT2D eigenvalue weighted by Gasteiger charge is 2.19. The van der Waals surface area contributed by atoms with Crippen molar-refractivity contribution in [2.75, 3.05) is 20.3 Å². The molecular weight excluding hydrogens is 348 g/mol. The van der Waals surface area contributed by atoms with Crippen LogP contribution < -0.4 is 9.47 Å². The smallest absolute Gasteiger partial charge is 0.334 e. The van der Waals surface area contributed by atoms with Gasteiger partial charge in [-0.05, 0) is 50.2 Å². The van der Waals surface area contributed by atoms with Gasteiger partial charge in [0.25, 0.3) is 0 Å². The largest absolute Gasteiger partial charge is 0.466 e. The third-order valence-corrected chi connectivity index (χ3v) is 3.37. The summed E-state index contributed by atoms with van der Waals surface area (Å²) in [7, 11) is 1.29. The van der Waals surface area contributed by atoms with Crippen LogP contribution in [0.3, 0.4) is 0 Å².